The Labute approximate surface area is 115 Å². The highest BCUT2D eigenvalue weighted by atomic mass is 16.1. The van der Waals surface area contributed by atoms with E-state index in [1.807, 2.05) is 30.5 Å². The van der Waals surface area contributed by atoms with Crippen molar-refractivity contribution in [3.05, 3.63) is 55.4 Å². The third-order valence-corrected chi connectivity index (χ3v) is 2.87. The molecular weight excluding hydrogens is 252 g/mol. The number of nitrogens with one attached hydrogen (secondary N) is 2. The van der Waals surface area contributed by atoms with E-state index in [1.165, 1.54) is 6.08 Å². The number of amides is 1. The van der Waals surface area contributed by atoms with Crippen LogP contribution in [0.5, 0.6) is 0 Å². The molecular formula is C15H12N4O. The SMILES string of the molecule is C=CC(=O)Nc1cccc(-c2ncc3cc[nH]c3n2)c1. The first-order chi connectivity index (χ1) is 9.76. The van der Waals surface area contributed by atoms with Crippen LogP contribution in [0.4, 0.5) is 5.69 Å². The minimum Gasteiger partial charge on any atom is -0.346 e. The number of H-pyrrole nitrogens is 1. The maximum Gasteiger partial charge on any atom is 0.247 e. The average molecular weight is 264 g/mol. The Kier molecular flexibility index (Phi) is 3.01. The molecule has 3 aromatic rings. The first kappa shape index (κ1) is 12.1. The fourth-order valence-electron chi connectivity index (χ4n) is 1.91. The number of hydrogen-bond acceptors (Lipinski definition) is 3. The molecule has 1 amide bonds. The van der Waals surface area contributed by atoms with Crippen LogP contribution in [-0.4, -0.2) is 20.9 Å². The van der Waals surface area contributed by atoms with Crippen molar-refractivity contribution in [3.63, 3.8) is 0 Å². The zero-order valence-corrected chi connectivity index (χ0v) is 10.6. The second-order valence-electron chi connectivity index (χ2n) is 4.25. The van der Waals surface area contributed by atoms with Crippen molar-refractivity contribution in [2.24, 2.45) is 0 Å². The maximum absolute atomic E-state index is 11.3. The Morgan fingerprint density at radius 1 is 1.35 bits per heavy atom. The molecule has 5 nitrogen and oxygen atoms in total. The number of carbonyl (C=O) groups excluding carboxylic acids is 1. The Balaban J connectivity index is 1.98. The van der Waals surface area contributed by atoms with Crippen molar-refractivity contribution in [1.29, 1.82) is 0 Å². The molecule has 2 aromatic heterocycles. The molecule has 3 rings (SSSR count). The van der Waals surface area contributed by atoms with E-state index in [1.54, 1.807) is 12.3 Å². The van der Waals surface area contributed by atoms with Crippen LogP contribution >= 0.6 is 0 Å². The summed E-state index contributed by atoms with van der Waals surface area (Å²) < 4.78 is 0. The van der Waals surface area contributed by atoms with E-state index in [2.05, 4.69) is 26.8 Å². The van der Waals surface area contributed by atoms with Crippen LogP contribution in [0.2, 0.25) is 0 Å². The molecule has 2 heterocycles. The van der Waals surface area contributed by atoms with E-state index >= 15 is 0 Å². The van der Waals surface area contributed by atoms with E-state index in [-0.39, 0.29) is 5.91 Å². The van der Waals surface area contributed by atoms with Crippen molar-refractivity contribution in [1.82, 2.24) is 15.0 Å². The van der Waals surface area contributed by atoms with Gasteiger partial charge in [-0.05, 0) is 24.3 Å². The first-order valence-corrected chi connectivity index (χ1v) is 6.10. The predicted octanol–water partition coefficient (Wildman–Crippen LogP) is 2.75. The zero-order chi connectivity index (χ0) is 13.9. The van der Waals surface area contributed by atoms with E-state index in [9.17, 15) is 4.79 Å². The van der Waals surface area contributed by atoms with Crippen LogP contribution in [-0.2, 0) is 4.79 Å². The lowest BCUT2D eigenvalue weighted by atomic mass is 10.2. The molecule has 0 aliphatic heterocycles. The molecule has 20 heavy (non-hydrogen) atoms. The lowest BCUT2D eigenvalue weighted by molar-refractivity contribution is -0.111. The van der Waals surface area contributed by atoms with Gasteiger partial charge in [0.25, 0.3) is 0 Å². The summed E-state index contributed by atoms with van der Waals surface area (Å²) in [4.78, 5) is 23.1. The Morgan fingerprint density at radius 2 is 2.25 bits per heavy atom. The molecule has 98 valence electrons. The topological polar surface area (TPSA) is 70.7 Å². The highest BCUT2D eigenvalue weighted by Crippen LogP contribution is 2.21. The van der Waals surface area contributed by atoms with Crippen molar-refractivity contribution >= 4 is 22.6 Å². The van der Waals surface area contributed by atoms with Crippen LogP contribution < -0.4 is 5.32 Å². The lowest BCUT2D eigenvalue weighted by Gasteiger charge is -2.05. The highest BCUT2D eigenvalue weighted by molar-refractivity contribution is 5.99. The summed E-state index contributed by atoms with van der Waals surface area (Å²) >= 11 is 0. The number of benzene rings is 1. The van der Waals surface area contributed by atoms with Crippen LogP contribution in [0.3, 0.4) is 0 Å². The lowest BCUT2D eigenvalue weighted by Crippen LogP contribution is -2.07. The van der Waals surface area contributed by atoms with E-state index in [0.29, 0.717) is 11.5 Å². The van der Waals surface area contributed by atoms with Gasteiger partial charge in [-0.2, -0.15) is 0 Å². The molecule has 5 heteroatoms. The van der Waals surface area contributed by atoms with Gasteiger partial charge in [0.1, 0.15) is 5.65 Å². The Morgan fingerprint density at radius 3 is 3.10 bits per heavy atom. The zero-order valence-electron chi connectivity index (χ0n) is 10.6. The number of carbonyl (C=O) groups is 1. The van der Waals surface area contributed by atoms with Gasteiger partial charge in [0, 0.05) is 29.0 Å². The normalized spacial score (nSPS) is 10.4. The van der Waals surface area contributed by atoms with Gasteiger partial charge in [-0.15, -0.1) is 0 Å². The van der Waals surface area contributed by atoms with Crippen molar-refractivity contribution in [2.45, 2.75) is 0 Å². The van der Waals surface area contributed by atoms with Gasteiger partial charge in [-0.25, -0.2) is 9.97 Å². The van der Waals surface area contributed by atoms with Gasteiger partial charge in [-0.3, -0.25) is 4.79 Å². The second kappa shape index (κ2) is 4.97. The number of nitrogens with zero attached hydrogens (tertiary/aromatic N) is 2. The minimum absolute atomic E-state index is 0.247. The van der Waals surface area contributed by atoms with Gasteiger partial charge in [0.2, 0.25) is 5.91 Å². The van der Waals surface area contributed by atoms with Crippen LogP contribution in [0.25, 0.3) is 22.4 Å². The smallest absolute Gasteiger partial charge is 0.247 e. The van der Waals surface area contributed by atoms with Crippen molar-refractivity contribution in [2.75, 3.05) is 5.32 Å². The van der Waals surface area contributed by atoms with Gasteiger partial charge >= 0.3 is 0 Å². The van der Waals surface area contributed by atoms with Crippen LogP contribution in [0, 0.1) is 0 Å². The largest absolute Gasteiger partial charge is 0.346 e. The van der Waals surface area contributed by atoms with E-state index in [4.69, 9.17) is 0 Å². The van der Waals surface area contributed by atoms with Crippen LogP contribution in [0.15, 0.2) is 55.4 Å². The molecule has 0 saturated heterocycles. The molecule has 2 N–H and O–H groups in total. The summed E-state index contributed by atoms with van der Waals surface area (Å²) in [6.07, 6.45) is 4.82. The summed E-state index contributed by atoms with van der Waals surface area (Å²) in [5.74, 6) is 0.359. The summed E-state index contributed by atoms with van der Waals surface area (Å²) in [6, 6.07) is 9.29. The molecule has 0 spiro atoms. The molecule has 1 aromatic carbocycles. The standard InChI is InChI=1S/C15H12N4O/c1-2-13(20)18-12-5-3-4-10(8-12)14-17-9-11-6-7-16-15(11)19-14/h2-9H,1H2,(H,18,20)(H,16,17,19). The van der Waals surface area contributed by atoms with Gasteiger partial charge < -0.3 is 10.3 Å². The Bertz CT molecular complexity index is 791. The summed E-state index contributed by atoms with van der Waals surface area (Å²) in [6.45, 7) is 3.42. The van der Waals surface area contributed by atoms with E-state index < -0.39 is 0 Å². The number of aromatic nitrogens is 3. The molecule has 0 aliphatic rings. The molecule has 0 atom stereocenters. The van der Waals surface area contributed by atoms with Gasteiger partial charge in [0.05, 0.1) is 0 Å². The van der Waals surface area contributed by atoms with E-state index in [0.717, 1.165) is 16.6 Å². The second-order valence-corrected chi connectivity index (χ2v) is 4.25. The van der Waals surface area contributed by atoms with Crippen molar-refractivity contribution < 1.29 is 4.79 Å². The molecule has 0 aliphatic carbocycles. The third-order valence-electron chi connectivity index (χ3n) is 2.87. The van der Waals surface area contributed by atoms with Gasteiger partial charge in [-0.1, -0.05) is 18.7 Å². The van der Waals surface area contributed by atoms with Gasteiger partial charge in [0.15, 0.2) is 5.82 Å². The molecule has 0 bridgehead atoms. The average Bonchev–Trinajstić information content (AvgIpc) is 2.94. The first-order valence-electron chi connectivity index (χ1n) is 6.10. The summed E-state index contributed by atoms with van der Waals surface area (Å²) in [7, 11) is 0. The fourth-order valence-corrected chi connectivity index (χ4v) is 1.91. The number of anilines is 1. The number of aromatic amines is 1. The maximum atomic E-state index is 11.3. The summed E-state index contributed by atoms with van der Waals surface area (Å²) in [5, 5.41) is 3.68. The molecule has 0 radical (unpaired) electrons. The monoisotopic (exact) mass is 264 g/mol. The minimum atomic E-state index is -0.247. The number of fused-ring (bicyclic) bond motifs is 1. The van der Waals surface area contributed by atoms with Crippen molar-refractivity contribution in [3.8, 4) is 11.4 Å². The quantitative estimate of drug-likeness (QED) is 0.714. The fraction of sp³-hybridized carbons (Fsp3) is 0. The number of hydrogen-bond donors (Lipinski definition) is 2. The molecule has 0 unspecified atom stereocenters. The predicted molar refractivity (Wildman–Crippen MR) is 78.2 cm³/mol. The highest BCUT2D eigenvalue weighted by Gasteiger charge is 2.05. The third kappa shape index (κ3) is 2.29. The van der Waals surface area contributed by atoms with Crippen LogP contribution in [0.1, 0.15) is 0 Å². The number of rotatable bonds is 3. The summed E-state index contributed by atoms with van der Waals surface area (Å²) in [5.41, 5.74) is 2.31. The molecule has 0 saturated carbocycles. The molecule has 0 fully saturated rings. The Hall–Kier alpha value is -2.95.